The molecule has 2 nitrogen and oxygen atoms in total. The first-order valence-electron chi connectivity index (χ1n) is 8.94. The molecule has 0 unspecified atom stereocenters. The number of carbonyl (C=O) groups excluding carboxylic acids is 1. The van der Waals surface area contributed by atoms with Crippen LogP contribution >= 0.6 is 0 Å². The summed E-state index contributed by atoms with van der Waals surface area (Å²) in [4.78, 5) is 11.7. The summed E-state index contributed by atoms with van der Waals surface area (Å²) in [6.07, 6.45) is 8.09. The summed E-state index contributed by atoms with van der Waals surface area (Å²) in [5.74, 6) is 6.59. The second kappa shape index (κ2) is 12.8. The van der Waals surface area contributed by atoms with Crippen molar-refractivity contribution in [2.75, 3.05) is 6.61 Å². The molecule has 126 valence electrons. The van der Waals surface area contributed by atoms with Gasteiger partial charge in [0.25, 0.3) is 0 Å². The molecule has 0 amide bonds. The molecular weight excluding hydrogens is 284 g/mol. The molecule has 0 heterocycles. The zero-order valence-electron chi connectivity index (χ0n) is 14.6. The van der Waals surface area contributed by atoms with Crippen molar-refractivity contribution in [1.82, 2.24) is 0 Å². The molecule has 0 spiro atoms. The Morgan fingerprint density at radius 1 is 1.13 bits per heavy atom. The molecule has 1 rings (SSSR count). The van der Waals surface area contributed by atoms with Gasteiger partial charge >= 0.3 is 5.97 Å². The van der Waals surface area contributed by atoms with Crippen molar-refractivity contribution in [3.8, 4) is 11.8 Å². The van der Waals surface area contributed by atoms with E-state index in [1.165, 1.54) is 24.8 Å². The molecule has 0 bridgehead atoms. The monoisotopic (exact) mass is 314 g/mol. The molecule has 0 aromatic heterocycles. The van der Waals surface area contributed by atoms with Crippen molar-refractivity contribution in [3.63, 3.8) is 0 Å². The van der Waals surface area contributed by atoms with Gasteiger partial charge in [0.2, 0.25) is 0 Å². The van der Waals surface area contributed by atoms with E-state index >= 15 is 0 Å². The predicted molar refractivity (Wildman–Crippen MR) is 96.0 cm³/mol. The third-order valence-corrected chi connectivity index (χ3v) is 3.81. The molecule has 0 aliphatic rings. The first-order chi connectivity index (χ1) is 11.3. The van der Waals surface area contributed by atoms with Gasteiger partial charge in [-0.25, -0.2) is 0 Å². The lowest BCUT2D eigenvalue weighted by Crippen LogP contribution is -2.10. The quantitative estimate of drug-likeness (QED) is 0.338. The molecule has 0 saturated carbocycles. The zero-order valence-corrected chi connectivity index (χ0v) is 14.6. The van der Waals surface area contributed by atoms with Gasteiger partial charge in [0.05, 0.1) is 13.0 Å². The third kappa shape index (κ3) is 9.79. The summed E-state index contributed by atoms with van der Waals surface area (Å²) in [7, 11) is 0. The fourth-order valence-corrected chi connectivity index (χ4v) is 2.53. The molecule has 0 radical (unpaired) electrons. The minimum atomic E-state index is -0.120. The van der Waals surface area contributed by atoms with E-state index in [0.717, 1.165) is 25.7 Å². The fourth-order valence-electron chi connectivity index (χ4n) is 2.53. The second-order valence-electron chi connectivity index (χ2n) is 5.86. The Kier molecular flexibility index (Phi) is 10.7. The Hall–Kier alpha value is -1.75. The van der Waals surface area contributed by atoms with Crippen molar-refractivity contribution in [2.45, 2.75) is 65.2 Å². The van der Waals surface area contributed by atoms with Gasteiger partial charge in [-0.15, -0.1) is 5.92 Å². The summed E-state index contributed by atoms with van der Waals surface area (Å²) in [6, 6.07) is 10.4. The van der Waals surface area contributed by atoms with E-state index in [1.807, 2.05) is 13.0 Å². The Morgan fingerprint density at radius 3 is 2.61 bits per heavy atom. The van der Waals surface area contributed by atoms with Crippen molar-refractivity contribution < 1.29 is 9.53 Å². The molecule has 0 N–H and O–H groups in total. The van der Waals surface area contributed by atoms with Crippen LogP contribution in [-0.2, 0) is 16.0 Å². The van der Waals surface area contributed by atoms with E-state index in [9.17, 15) is 4.79 Å². The molecule has 1 aromatic rings. The van der Waals surface area contributed by atoms with Crippen LogP contribution in [-0.4, -0.2) is 12.6 Å². The zero-order chi connectivity index (χ0) is 16.8. The van der Waals surface area contributed by atoms with E-state index in [4.69, 9.17) is 4.74 Å². The second-order valence-corrected chi connectivity index (χ2v) is 5.86. The molecule has 0 fully saturated rings. The Morgan fingerprint density at radius 2 is 1.91 bits per heavy atom. The average Bonchev–Trinajstić information content (AvgIpc) is 2.56. The van der Waals surface area contributed by atoms with Crippen LogP contribution in [0.4, 0.5) is 0 Å². The van der Waals surface area contributed by atoms with Gasteiger partial charge in [0.1, 0.15) is 0 Å². The van der Waals surface area contributed by atoms with E-state index < -0.39 is 0 Å². The highest BCUT2D eigenvalue weighted by Crippen LogP contribution is 2.15. The molecule has 0 aliphatic carbocycles. The minimum Gasteiger partial charge on any atom is -0.466 e. The third-order valence-electron chi connectivity index (χ3n) is 3.81. The summed E-state index contributed by atoms with van der Waals surface area (Å²) in [5.41, 5.74) is 1.31. The fraction of sp³-hybridized carbons (Fsp3) is 0.571. The summed E-state index contributed by atoms with van der Waals surface area (Å²) in [6.45, 7) is 4.50. The molecule has 0 aliphatic heterocycles. The normalized spacial score (nSPS) is 11.4. The number of ether oxygens (including phenoxy) is 1. The number of benzene rings is 1. The Balaban J connectivity index is 2.43. The van der Waals surface area contributed by atoms with Crippen molar-refractivity contribution >= 4 is 5.97 Å². The van der Waals surface area contributed by atoms with Gasteiger partial charge in [-0.2, -0.15) is 0 Å². The Labute approximate surface area is 141 Å². The highest BCUT2D eigenvalue weighted by atomic mass is 16.5. The average molecular weight is 314 g/mol. The smallest absolute Gasteiger partial charge is 0.307 e. The molecular formula is C21H30O2. The number of rotatable bonds is 10. The van der Waals surface area contributed by atoms with Gasteiger partial charge in [-0.3, -0.25) is 4.79 Å². The lowest BCUT2D eigenvalue weighted by molar-refractivity contribution is -0.143. The lowest BCUT2D eigenvalue weighted by atomic mass is 9.97. The van der Waals surface area contributed by atoms with Crippen LogP contribution in [0.2, 0.25) is 0 Å². The first kappa shape index (κ1) is 19.3. The van der Waals surface area contributed by atoms with Gasteiger partial charge in [-0.05, 0) is 25.3 Å². The number of esters is 1. The van der Waals surface area contributed by atoms with Gasteiger partial charge < -0.3 is 4.74 Å². The predicted octanol–water partition coefficient (Wildman–Crippen LogP) is 5.16. The SMILES string of the molecule is CCCCCC[C@H](C#CCCc1ccccc1)CC(=O)OCC. The first-order valence-corrected chi connectivity index (χ1v) is 8.94. The lowest BCUT2D eigenvalue weighted by Gasteiger charge is -2.10. The molecule has 2 heteroatoms. The van der Waals surface area contributed by atoms with Crippen LogP contribution in [0.3, 0.4) is 0 Å². The van der Waals surface area contributed by atoms with E-state index in [1.54, 1.807) is 0 Å². The molecule has 0 saturated heterocycles. The number of hydrogen-bond donors (Lipinski definition) is 0. The summed E-state index contributed by atoms with van der Waals surface area (Å²) >= 11 is 0. The van der Waals surface area contributed by atoms with Crippen LogP contribution in [0.25, 0.3) is 0 Å². The molecule has 1 atom stereocenters. The van der Waals surface area contributed by atoms with Gasteiger partial charge in [0.15, 0.2) is 0 Å². The molecule has 1 aromatic carbocycles. The van der Waals surface area contributed by atoms with Crippen LogP contribution in [0.1, 0.15) is 64.4 Å². The topological polar surface area (TPSA) is 26.3 Å². The van der Waals surface area contributed by atoms with Gasteiger partial charge in [0, 0.05) is 12.3 Å². The number of aryl methyl sites for hydroxylation is 1. The highest BCUT2D eigenvalue weighted by Gasteiger charge is 2.12. The largest absolute Gasteiger partial charge is 0.466 e. The Bertz CT molecular complexity index is 482. The maximum Gasteiger partial charge on any atom is 0.307 e. The van der Waals surface area contributed by atoms with Crippen molar-refractivity contribution in [2.24, 2.45) is 5.92 Å². The number of unbranched alkanes of at least 4 members (excludes halogenated alkanes) is 3. The van der Waals surface area contributed by atoms with E-state index in [0.29, 0.717) is 13.0 Å². The standard InChI is InChI=1S/C21H30O2/c1-3-5-6-8-16-20(18-21(22)23-4-2)17-12-11-15-19-13-9-7-10-14-19/h7,9-10,13-14,20H,3-6,8,11,15-16,18H2,1-2H3/t20-/m1/s1. The van der Waals surface area contributed by atoms with Crippen LogP contribution < -0.4 is 0 Å². The number of carbonyl (C=O) groups is 1. The number of hydrogen-bond acceptors (Lipinski definition) is 2. The summed E-state index contributed by atoms with van der Waals surface area (Å²) in [5, 5.41) is 0. The van der Waals surface area contributed by atoms with E-state index in [-0.39, 0.29) is 11.9 Å². The maximum atomic E-state index is 11.7. The highest BCUT2D eigenvalue weighted by molar-refractivity contribution is 5.70. The van der Waals surface area contributed by atoms with Crippen molar-refractivity contribution in [1.29, 1.82) is 0 Å². The van der Waals surface area contributed by atoms with Gasteiger partial charge in [-0.1, -0.05) is 68.9 Å². The minimum absolute atomic E-state index is 0.120. The van der Waals surface area contributed by atoms with Crippen LogP contribution in [0.15, 0.2) is 30.3 Å². The van der Waals surface area contributed by atoms with Crippen molar-refractivity contribution in [3.05, 3.63) is 35.9 Å². The van der Waals surface area contributed by atoms with Crippen LogP contribution in [0, 0.1) is 17.8 Å². The molecule has 23 heavy (non-hydrogen) atoms. The maximum absolute atomic E-state index is 11.7. The van der Waals surface area contributed by atoms with Crippen LogP contribution in [0.5, 0.6) is 0 Å². The van der Waals surface area contributed by atoms with E-state index in [2.05, 4.69) is 43.0 Å². The summed E-state index contributed by atoms with van der Waals surface area (Å²) < 4.78 is 5.07.